The van der Waals surface area contributed by atoms with Crippen LogP contribution in [-0.2, 0) is 6.42 Å². The zero-order valence-corrected chi connectivity index (χ0v) is 11.8. The second-order valence-corrected chi connectivity index (χ2v) is 4.97. The Morgan fingerprint density at radius 1 is 1.40 bits per heavy atom. The van der Waals surface area contributed by atoms with Gasteiger partial charge in [-0.1, -0.05) is 37.7 Å². The number of nitrogens with zero attached hydrogens (tertiary/aromatic N) is 1. The fraction of sp³-hybridized carbons (Fsp3) is 0.200. The van der Waals surface area contributed by atoms with E-state index in [1.54, 1.807) is 12.4 Å². The summed E-state index contributed by atoms with van der Waals surface area (Å²) in [5, 5.41) is 0.735. The number of H-pyrrole nitrogens is 1. The van der Waals surface area contributed by atoms with Crippen molar-refractivity contribution in [2.24, 2.45) is 0 Å². The second kappa shape index (κ2) is 5.17. The van der Waals surface area contributed by atoms with Crippen LogP contribution in [0.15, 0.2) is 35.0 Å². The lowest BCUT2D eigenvalue weighted by Crippen LogP contribution is -1.95. The van der Waals surface area contributed by atoms with Gasteiger partial charge in [-0.15, -0.1) is 0 Å². The molecule has 3 rings (SSSR count). The van der Waals surface area contributed by atoms with E-state index in [9.17, 15) is 4.39 Å². The molecule has 0 aliphatic carbocycles. The Balaban J connectivity index is 2.23. The van der Waals surface area contributed by atoms with Gasteiger partial charge >= 0.3 is 0 Å². The molecule has 1 N–H and O–H groups in total. The van der Waals surface area contributed by atoms with Crippen LogP contribution in [0.2, 0.25) is 0 Å². The average molecular weight is 288 g/mol. The third-order valence-electron chi connectivity index (χ3n) is 3.19. The number of para-hydroxylation sites is 1. The summed E-state index contributed by atoms with van der Waals surface area (Å²) in [5.74, 6) is 0.223. The fourth-order valence-electron chi connectivity index (χ4n) is 2.28. The van der Waals surface area contributed by atoms with Crippen molar-refractivity contribution in [1.82, 2.24) is 9.97 Å². The molecule has 102 valence electrons. The van der Waals surface area contributed by atoms with Crippen molar-refractivity contribution in [3.63, 3.8) is 0 Å². The number of rotatable bonds is 3. The van der Waals surface area contributed by atoms with E-state index in [2.05, 4.69) is 16.9 Å². The van der Waals surface area contributed by atoms with Gasteiger partial charge in [0.05, 0.1) is 12.0 Å². The van der Waals surface area contributed by atoms with Crippen LogP contribution in [-0.4, -0.2) is 9.97 Å². The molecule has 0 aliphatic rings. The highest BCUT2D eigenvalue weighted by Crippen LogP contribution is 2.30. The minimum Gasteiger partial charge on any atom is -0.451 e. The van der Waals surface area contributed by atoms with Gasteiger partial charge in [0, 0.05) is 10.9 Å². The predicted molar refractivity (Wildman–Crippen MR) is 78.6 cm³/mol. The standard InChI is InChI=1S/C15H13FN2OS/c1-2-4-10-13(17-8-18-15(10)20)12-7-9-5-3-6-11(16)14(9)19-12/h3,5-8H,2,4H2,1H3,(H,17,18,20). The Morgan fingerprint density at radius 2 is 2.25 bits per heavy atom. The minimum atomic E-state index is -0.363. The smallest absolute Gasteiger partial charge is 0.170 e. The zero-order valence-electron chi connectivity index (χ0n) is 10.9. The third kappa shape index (κ3) is 2.14. The first-order valence-corrected chi connectivity index (χ1v) is 6.86. The lowest BCUT2D eigenvalue weighted by Gasteiger charge is -2.05. The van der Waals surface area contributed by atoms with Crippen LogP contribution in [0.1, 0.15) is 18.9 Å². The van der Waals surface area contributed by atoms with Crippen LogP contribution in [0.4, 0.5) is 4.39 Å². The predicted octanol–water partition coefficient (Wildman–Crippen LogP) is 4.64. The van der Waals surface area contributed by atoms with Crippen molar-refractivity contribution < 1.29 is 8.81 Å². The van der Waals surface area contributed by atoms with Crippen molar-refractivity contribution in [3.05, 3.63) is 46.6 Å². The molecular weight excluding hydrogens is 275 g/mol. The summed E-state index contributed by atoms with van der Waals surface area (Å²) >= 11 is 5.26. The summed E-state index contributed by atoms with van der Waals surface area (Å²) in [5.41, 5.74) is 1.98. The maximum Gasteiger partial charge on any atom is 0.170 e. The van der Waals surface area contributed by atoms with Gasteiger partial charge in [0.15, 0.2) is 17.2 Å². The lowest BCUT2D eigenvalue weighted by atomic mass is 10.1. The van der Waals surface area contributed by atoms with Gasteiger partial charge < -0.3 is 9.40 Å². The van der Waals surface area contributed by atoms with Gasteiger partial charge in [-0.25, -0.2) is 9.37 Å². The van der Waals surface area contributed by atoms with E-state index in [-0.39, 0.29) is 11.4 Å². The van der Waals surface area contributed by atoms with E-state index >= 15 is 0 Å². The van der Waals surface area contributed by atoms with Crippen LogP contribution < -0.4 is 0 Å². The molecule has 0 amide bonds. The molecule has 0 spiro atoms. The van der Waals surface area contributed by atoms with Crippen LogP contribution in [0.3, 0.4) is 0 Å². The molecule has 0 unspecified atom stereocenters. The van der Waals surface area contributed by atoms with Crippen molar-refractivity contribution in [2.45, 2.75) is 19.8 Å². The summed E-state index contributed by atoms with van der Waals surface area (Å²) in [6.07, 6.45) is 3.29. The molecule has 0 saturated heterocycles. The molecule has 2 aromatic heterocycles. The molecule has 0 aliphatic heterocycles. The second-order valence-electron chi connectivity index (χ2n) is 4.58. The first-order valence-electron chi connectivity index (χ1n) is 6.45. The zero-order chi connectivity index (χ0) is 14.1. The molecule has 3 nitrogen and oxygen atoms in total. The van der Waals surface area contributed by atoms with E-state index in [0.717, 1.165) is 29.5 Å². The normalized spacial score (nSPS) is 11.1. The van der Waals surface area contributed by atoms with Crippen LogP contribution in [0, 0.1) is 10.5 Å². The number of aromatic nitrogens is 2. The Hall–Kier alpha value is -2.01. The Bertz CT molecular complexity index is 822. The van der Waals surface area contributed by atoms with Crippen molar-refractivity contribution in [3.8, 4) is 11.5 Å². The molecule has 0 bridgehead atoms. The number of benzene rings is 1. The highest BCUT2D eigenvalue weighted by atomic mass is 32.1. The molecule has 0 radical (unpaired) electrons. The molecule has 20 heavy (non-hydrogen) atoms. The van der Waals surface area contributed by atoms with Gasteiger partial charge in [0.1, 0.15) is 4.64 Å². The van der Waals surface area contributed by atoms with Gasteiger partial charge in [0.2, 0.25) is 0 Å². The summed E-state index contributed by atoms with van der Waals surface area (Å²) in [6, 6.07) is 6.69. The average Bonchev–Trinajstić information content (AvgIpc) is 2.86. The van der Waals surface area contributed by atoms with Crippen LogP contribution in [0.25, 0.3) is 22.4 Å². The first-order chi connectivity index (χ1) is 9.70. The van der Waals surface area contributed by atoms with E-state index in [4.69, 9.17) is 16.6 Å². The molecule has 0 atom stereocenters. The molecule has 0 saturated carbocycles. The van der Waals surface area contributed by atoms with E-state index in [1.165, 1.54) is 6.07 Å². The lowest BCUT2D eigenvalue weighted by molar-refractivity contribution is 0.567. The monoisotopic (exact) mass is 288 g/mol. The first kappa shape index (κ1) is 13.0. The number of halogens is 1. The van der Waals surface area contributed by atoms with Gasteiger partial charge in [-0.05, 0) is 18.6 Å². The summed E-state index contributed by atoms with van der Waals surface area (Å²) in [4.78, 5) is 7.16. The minimum absolute atomic E-state index is 0.265. The summed E-state index contributed by atoms with van der Waals surface area (Å²) in [6.45, 7) is 2.07. The van der Waals surface area contributed by atoms with Gasteiger partial charge in [-0.3, -0.25) is 0 Å². The highest BCUT2D eigenvalue weighted by Gasteiger charge is 2.14. The Labute approximate surface area is 120 Å². The molecular formula is C15H13FN2OS. The molecule has 1 aromatic carbocycles. The summed E-state index contributed by atoms with van der Waals surface area (Å²) in [7, 11) is 0. The van der Waals surface area contributed by atoms with E-state index in [1.807, 2.05) is 12.1 Å². The number of hydrogen-bond acceptors (Lipinski definition) is 3. The van der Waals surface area contributed by atoms with Gasteiger partial charge in [-0.2, -0.15) is 0 Å². The van der Waals surface area contributed by atoms with E-state index < -0.39 is 0 Å². The highest BCUT2D eigenvalue weighted by molar-refractivity contribution is 7.71. The van der Waals surface area contributed by atoms with E-state index in [0.29, 0.717) is 10.4 Å². The molecule has 0 fully saturated rings. The number of aromatic amines is 1. The van der Waals surface area contributed by atoms with Crippen molar-refractivity contribution >= 4 is 23.2 Å². The van der Waals surface area contributed by atoms with Crippen molar-refractivity contribution in [2.75, 3.05) is 0 Å². The maximum absolute atomic E-state index is 13.7. The quantitative estimate of drug-likeness (QED) is 0.714. The Morgan fingerprint density at radius 3 is 3.00 bits per heavy atom. The Kier molecular flexibility index (Phi) is 3.36. The van der Waals surface area contributed by atoms with Crippen molar-refractivity contribution in [1.29, 1.82) is 0 Å². The van der Waals surface area contributed by atoms with Crippen LogP contribution >= 0.6 is 12.2 Å². The fourth-order valence-corrected chi connectivity index (χ4v) is 2.54. The molecule has 3 aromatic rings. The molecule has 5 heteroatoms. The van der Waals surface area contributed by atoms with Crippen LogP contribution in [0.5, 0.6) is 0 Å². The summed E-state index contributed by atoms with van der Waals surface area (Å²) < 4.78 is 19.9. The number of fused-ring (bicyclic) bond motifs is 1. The molecule has 2 heterocycles. The van der Waals surface area contributed by atoms with Gasteiger partial charge in [0.25, 0.3) is 0 Å². The number of hydrogen-bond donors (Lipinski definition) is 1. The number of furan rings is 1. The largest absolute Gasteiger partial charge is 0.451 e. The SMILES string of the molecule is CCCc1c(-c2cc3cccc(F)c3o2)[nH]cnc1=S. The maximum atomic E-state index is 13.7. The third-order valence-corrected chi connectivity index (χ3v) is 3.54. The topological polar surface area (TPSA) is 41.8 Å². The number of nitrogens with one attached hydrogen (secondary N) is 1.